The molecule has 9 heteroatoms. The van der Waals surface area contributed by atoms with E-state index in [9.17, 15) is 18.0 Å². The minimum atomic E-state index is -3.85. The summed E-state index contributed by atoms with van der Waals surface area (Å²) in [6.45, 7) is 3.94. The van der Waals surface area contributed by atoms with Crippen LogP contribution in [0.3, 0.4) is 0 Å². The van der Waals surface area contributed by atoms with Crippen molar-refractivity contribution < 1.29 is 22.7 Å². The number of carbonyl (C=O) groups excluding carboxylic acids is 2. The summed E-state index contributed by atoms with van der Waals surface area (Å²) in [6.07, 6.45) is 1.02. The van der Waals surface area contributed by atoms with Crippen molar-refractivity contribution in [1.29, 1.82) is 0 Å². The lowest BCUT2D eigenvalue weighted by Crippen LogP contribution is -2.38. The highest BCUT2D eigenvalue weighted by atomic mass is 32.2. The van der Waals surface area contributed by atoms with Crippen LogP contribution < -0.4 is 19.7 Å². The largest absolute Gasteiger partial charge is 0.455 e. The summed E-state index contributed by atoms with van der Waals surface area (Å²) >= 11 is 0. The molecule has 3 aromatic rings. The molecule has 3 rings (SSSR count). The van der Waals surface area contributed by atoms with Crippen molar-refractivity contribution in [3.05, 3.63) is 84.4 Å². The van der Waals surface area contributed by atoms with E-state index in [1.54, 1.807) is 72.8 Å². The molecule has 0 atom stereocenters. The van der Waals surface area contributed by atoms with Crippen molar-refractivity contribution >= 4 is 33.2 Å². The zero-order valence-corrected chi connectivity index (χ0v) is 20.7. The first-order valence-electron chi connectivity index (χ1n) is 11.1. The average molecular weight is 496 g/mol. The minimum absolute atomic E-state index is 0.219. The Morgan fingerprint density at radius 2 is 1.54 bits per heavy atom. The number of para-hydroxylation sites is 4. The molecule has 0 saturated heterocycles. The maximum atomic E-state index is 13.0. The molecule has 0 spiro atoms. The van der Waals surface area contributed by atoms with Crippen LogP contribution in [-0.4, -0.2) is 39.6 Å². The van der Waals surface area contributed by atoms with Crippen molar-refractivity contribution in [2.45, 2.75) is 13.8 Å². The molecule has 2 amide bonds. The predicted molar refractivity (Wildman–Crippen MR) is 137 cm³/mol. The van der Waals surface area contributed by atoms with Crippen LogP contribution in [0, 0.1) is 5.92 Å². The highest BCUT2D eigenvalue weighted by molar-refractivity contribution is 7.92. The van der Waals surface area contributed by atoms with Crippen molar-refractivity contribution in [3.63, 3.8) is 0 Å². The van der Waals surface area contributed by atoms with Gasteiger partial charge in [0.05, 0.1) is 23.2 Å². The monoisotopic (exact) mass is 495 g/mol. The number of nitrogens with one attached hydrogen (secondary N) is 2. The Morgan fingerprint density at radius 3 is 2.23 bits per heavy atom. The number of hydrogen-bond donors (Lipinski definition) is 2. The van der Waals surface area contributed by atoms with Crippen molar-refractivity contribution in [3.8, 4) is 11.5 Å². The lowest BCUT2D eigenvalue weighted by Gasteiger charge is -2.24. The first-order chi connectivity index (χ1) is 16.6. The molecule has 0 aliphatic rings. The predicted octanol–water partition coefficient (Wildman–Crippen LogP) is 4.27. The number of amides is 2. The standard InChI is InChI=1S/C26H29N3O5S/c1-19(2)17-27-26(31)21-13-7-8-14-22(21)28-25(30)18-29(35(3,32)33)23-15-9-10-16-24(23)34-20-11-5-4-6-12-20/h4-16,19H,17-18H2,1-3H3,(H,27,31)(H,28,30). The first kappa shape index (κ1) is 25.8. The quantitative estimate of drug-likeness (QED) is 0.437. The molecule has 3 aromatic carbocycles. The Balaban J connectivity index is 1.83. The molecule has 2 N–H and O–H groups in total. The van der Waals surface area contributed by atoms with E-state index in [1.165, 1.54) is 0 Å². The molecule has 8 nitrogen and oxygen atoms in total. The van der Waals surface area contributed by atoms with Crippen molar-refractivity contribution in [2.75, 3.05) is 29.0 Å². The molecule has 0 saturated carbocycles. The Hall–Kier alpha value is -3.85. The number of benzene rings is 3. The highest BCUT2D eigenvalue weighted by Gasteiger charge is 2.25. The number of ether oxygens (including phenoxy) is 1. The van der Waals surface area contributed by atoms with Gasteiger partial charge in [0.15, 0.2) is 5.75 Å². The smallest absolute Gasteiger partial charge is 0.253 e. The molecule has 0 bridgehead atoms. The maximum Gasteiger partial charge on any atom is 0.253 e. The Kier molecular flexibility index (Phi) is 8.48. The van der Waals surface area contributed by atoms with E-state index < -0.39 is 22.5 Å². The van der Waals surface area contributed by atoms with Gasteiger partial charge in [-0.25, -0.2) is 8.42 Å². The van der Waals surface area contributed by atoms with Gasteiger partial charge in [-0.1, -0.05) is 56.3 Å². The fraction of sp³-hybridized carbons (Fsp3) is 0.231. The number of hydrogen-bond acceptors (Lipinski definition) is 5. The van der Waals surface area contributed by atoms with Gasteiger partial charge in [-0.15, -0.1) is 0 Å². The van der Waals surface area contributed by atoms with Gasteiger partial charge < -0.3 is 15.4 Å². The third-order valence-corrected chi connectivity index (χ3v) is 6.04. The molecule has 0 unspecified atom stereocenters. The van der Waals surface area contributed by atoms with Crippen LogP contribution in [0.15, 0.2) is 78.9 Å². The van der Waals surface area contributed by atoms with Gasteiger partial charge in [0.25, 0.3) is 5.91 Å². The Bertz CT molecular complexity index is 1280. The molecule has 0 fully saturated rings. The first-order valence-corrected chi connectivity index (χ1v) is 13.0. The molecule has 0 aliphatic carbocycles. The minimum Gasteiger partial charge on any atom is -0.455 e. The van der Waals surface area contributed by atoms with Gasteiger partial charge >= 0.3 is 0 Å². The fourth-order valence-electron chi connectivity index (χ4n) is 3.25. The maximum absolute atomic E-state index is 13.0. The van der Waals surface area contributed by atoms with Crippen LogP contribution in [0.2, 0.25) is 0 Å². The van der Waals surface area contributed by atoms with Gasteiger partial charge in [0.2, 0.25) is 15.9 Å². The number of nitrogens with zero attached hydrogens (tertiary/aromatic N) is 1. The molecule has 0 aromatic heterocycles. The van der Waals surface area contributed by atoms with Gasteiger partial charge in [0.1, 0.15) is 12.3 Å². The highest BCUT2D eigenvalue weighted by Crippen LogP contribution is 2.33. The zero-order chi connectivity index (χ0) is 25.4. The SMILES string of the molecule is CC(C)CNC(=O)c1ccccc1NC(=O)CN(c1ccccc1Oc1ccccc1)S(C)(=O)=O. The fourth-order valence-corrected chi connectivity index (χ4v) is 4.11. The zero-order valence-electron chi connectivity index (χ0n) is 19.9. The van der Waals surface area contributed by atoms with E-state index in [1.807, 2.05) is 19.9 Å². The summed E-state index contributed by atoms with van der Waals surface area (Å²) in [4.78, 5) is 25.6. The molecular formula is C26H29N3O5S. The molecule has 0 aliphatic heterocycles. The van der Waals surface area contributed by atoms with Gasteiger partial charge in [-0.05, 0) is 42.3 Å². The second-order valence-corrected chi connectivity index (χ2v) is 10.3. The van der Waals surface area contributed by atoms with Gasteiger partial charge in [0, 0.05) is 6.54 Å². The van der Waals surface area contributed by atoms with Crippen LogP contribution in [0.1, 0.15) is 24.2 Å². The summed E-state index contributed by atoms with van der Waals surface area (Å²) in [6, 6.07) is 22.1. The number of carbonyl (C=O) groups is 2. The van der Waals surface area contributed by atoms with E-state index in [4.69, 9.17) is 4.74 Å². The van der Waals surface area contributed by atoms with E-state index in [2.05, 4.69) is 10.6 Å². The van der Waals surface area contributed by atoms with E-state index >= 15 is 0 Å². The lowest BCUT2D eigenvalue weighted by atomic mass is 10.1. The van der Waals surface area contributed by atoms with E-state index in [-0.39, 0.29) is 23.3 Å². The average Bonchev–Trinajstić information content (AvgIpc) is 2.82. The summed E-state index contributed by atoms with van der Waals surface area (Å²) in [7, 11) is -3.85. The van der Waals surface area contributed by atoms with Crippen LogP contribution in [0.5, 0.6) is 11.5 Å². The lowest BCUT2D eigenvalue weighted by molar-refractivity contribution is -0.114. The molecular weight excluding hydrogens is 466 g/mol. The topological polar surface area (TPSA) is 105 Å². The second kappa shape index (κ2) is 11.5. The molecule has 184 valence electrons. The third kappa shape index (κ3) is 7.31. The van der Waals surface area contributed by atoms with Crippen molar-refractivity contribution in [1.82, 2.24) is 5.32 Å². The van der Waals surface area contributed by atoms with Crippen LogP contribution in [-0.2, 0) is 14.8 Å². The summed E-state index contributed by atoms with van der Waals surface area (Å²) in [5.41, 5.74) is 0.804. The summed E-state index contributed by atoms with van der Waals surface area (Å²) < 4.78 is 32.2. The third-order valence-electron chi connectivity index (χ3n) is 4.91. The van der Waals surface area contributed by atoms with E-state index in [0.717, 1.165) is 10.6 Å². The molecule has 0 radical (unpaired) electrons. The number of anilines is 2. The van der Waals surface area contributed by atoms with Crippen LogP contribution in [0.25, 0.3) is 0 Å². The van der Waals surface area contributed by atoms with E-state index in [0.29, 0.717) is 23.5 Å². The Morgan fingerprint density at radius 1 is 0.914 bits per heavy atom. The summed E-state index contributed by atoms with van der Waals surface area (Å²) in [5, 5.41) is 5.49. The number of rotatable bonds is 10. The molecule has 0 heterocycles. The second-order valence-electron chi connectivity index (χ2n) is 8.35. The normalized spacial score (nSPS) is 11.1. The molecule has 35 heavy (non-hydrogen) atoms. The van der Waals surface area contributed by atoms with Crippen molar-refractivity contribution in [2.24, 2.45) is 5.92 Å². The van der Waals surface area contributed by atoms with Crippen LogP contribution in [0.4, 0.5) is 11.4 Å². The van der Waals surface area contributed by atoms with Gasteiger partial charge in [-0.3, -0.25) is 13.9 Å². The number of sulfonamides is 1. The van der Waals surface area contributed by atoms with Gasteiger partial charge in [-0.2, -0.15) is 0 Å². The summed E-state index contributed by atoms with van der Waals surface area (Å²) in [5.74, 6) is 0.150. The Labute approximate surface area is 206 Å². The van der Waals surface area contributed by atoms with Crippen LogP contribution >= 0.6 is 0 Å².